The molecular weight excluding hydrogens is 242 g/mol. The minimum absolute atomic E-state index is 0.0254. The van der Waals surface area contributed by atoms with Crippen molar-refractivity contribution < 1.29 is 14.3 Å². The Balaban J connectivity index is 1.83. The summed E-state index contributed by atoms with van der Waals surface area (Å²) >= 11 is 0. The highest BCUT2D eigenvalue weighted by Crippen LogP contribution is 2.40. The van der Waals surface area contributed by atoms with E-state index in [2.05, 4.69) is 11.0 Å². The predicted octanol–water partition coefficient (Wildman–Crippen LogP) is 1.90. The zero-order chi connectivity index (χ0) is 13.4. The lowest BCUT2D eigenvalue weighted by molar-refractivity contribution is -0.148. The first-order valence-corrected chi connectivity index (χ1v) is 7.27. The van der Waals surface area contributed by atoms with Crippen molar-refractivity contribution in [2.45, 2.75) is 44.6 Å². The summed E-state index contributed by atoms with van der Waals surface area (Å²) in [6, 6.07) is 0.314. The van der Waals surface area contributed by atoms with Gasteiger partial charge in [-0.05, 0) is 38.0 Å². The standard InChI is InChI=1S/C15H21NO3/c1-19-15(18)12-5-4-11-9-10(12)3-2-8-16-13(11)6-7-14(16)17/h4,10,12-13H,2-3,5-9H2,1H3/t10-,12-,13+/m0/s1. The van der Waals surface area contributed by atoms with Crippen molar-refractivity contribution in [3.8, 4) is 0 Å². The minimum Gasteiger partial charge on any atom is -0.469 e. The van der Waals surface area contributed by atoms with E-state index >= 15 is 0 Å². The van der Waals surface area contributed by atoms with E-state index in [-0.39, 0.29) is 11.9 Å². The number of fused-ring (bicyclic) bond motifs is 4. The van der Waals surface area contributed by atoms with Crippen molar-refractivity contribution in [1.29, 1.82) is 0 Å². The summed E-state index contributed by atoms with van der Waals surface area (Å²) in [6.45, 7) is 0.852. The van der Waals surface area contributed by atoms with Crippen LogP contribution in [0.5, 0.6) is 0 Å². The van der Waals surface area contributed by atoms with E-state index in [0.29, 0.717) is 24.3 Å². The second-order valence-electron chi connectivity index (χ2n) is 5.89. The number of allylic oxidation sites excluding steroid dienone is 1. The number of carbonyl (C=O) groups excluding carboxylic acids is 2. The number of hydrogen-bond acceptors (Lipinski definition) is 3. The molecule has 3 aliphatic rings. The number of esters is 1. The van der Waals surface area contributed by atoms with E-state index in [1.54, 1.807) is 0 Å². The molecule has 2 saturated heterocycles. The first-order valence-electron chi connectivity index (χ1n) is 7.27. The third-order valence-corrected chi connectivity index (χ3v) is 4.93. The third kappa shape index (κ3) is 2.17. The van der Waals surface area contributed by atoms with E-state index in [9.17, 15) is 9.59 Å². The van der Waals surface area contributed by atoms with Gasteiger partial charge < -0.3 is 9.64 Å². The molecule has 0 N–H and O–H groups in total. The maximum Gasteiger partial charge on any atom is 0.309 e. The summed E-state index contributed by atoms with van der Waals surface area (Å²) in [6.07, 6.45) is 7.62. The number of hydrogen-bond donors (Lipinski definition) is 0. The number of amides is 1. The van der Waals surface area contributed by atoms with Gasteiger partial charge in [0.05, 0.1) is 19.1 Å². The lowest BCUT2D eigenvalue weighted by atomic mass is 9.74. The molecule has 3 atom stereocenters. The van der Waals surface area contributed by atoms with Crippen molar-refractivity contribution in [3.05, 3.63) is 11.6 Å². The highest BCUT2D eigenvalue weighted by molar-refractivity contribution is 5.79. The Kier molecular flexibility index (Phi) is 3.33. The summed E-state index contributed by atoms with van der Waals surface area (Å²) in [5.74, 6) is 0.669. The van der Waals surface area contributed by atoms with Crippen LogP contribution in [0, 0.1) is 11.8 Å². The van der Waals surface area contributed by atoms with Gasteiger partial charge in [0.15, 0.2) is 0 Å². The molecule has 0 saturated carbocycles. The molecule has 2 aliphatic heterocycles. The maximum atomic E-state index is 11.9. The molecule has 2 bridgehead atoms. The van der Waals surface area contributed by atoms with Crippen molar-refractivity contribution in [1.82, 2.24) is 4.90 Å². The molecule has 0 aromatic heterocycles. The van der Waals surface area contributed by atoms with E-state index < -0.39 is 0 Å². The Morgan fingerprint density at radius 1 is 1.42 bits per heavy atom. The Bertz CT molecular complexity index is 429. The van der Waals surface area contributed by atoms with E-state index in [1.807, 2.05) is 0 Å². The maximum absolute atomic E-state index is 11.9. The van der Waals surface area contributed by atoms with Gasteiger partial charge in [-0.2, -0.15) is 0 Å². The topological polar surface area (TPSA) is 46.6 Å². The molecule has 1 amide bonds. The molecule has 2 heterocycles. The number of ether oxygens (including phenoxy) is 1. The zero-order valence-corrected chi connectivity index (χ0v) is 11.4. The molecule has 104 valence electrons. The van der Waals surface area contributed by atoms with Gasteiger partial charge in [-0.3, -0.25) is 9.59 Å². The van der Waals surface area contributed by atoms with Crippen LogP contribution in [-0.2, 0) is 14.3 Å². The fourth-order valence-electron chi connectivity index (χ4n) is 3.94. The lowest BCUT2D eigenvalue weighted by Crippen LogP contribution is -2.40. The SMILES string of the molecule is COC(=O)[C@H]1CC=C2C[C@@H]1CCCN1C(=O)CC[C@H]21. The lowest BCUT2D eigenvalue weighted by Gasteiger charge is -2.37. The van der Waals surface area contributed by atoms with Crippen LogP contribution >= 0.6 is 0 Å². The van der Waals surface area contributed by atoms with E-state index in [1.165, 1.54) is 12.7 Å². The molecule has 2 fully saturated rings. The Labute approximate surface area is 113 Å². The number of methoxy groups -OCH3 is 1. The largest absolute Gasteiger partial charge is 0.469 e. The molecule has 4 nitrogen and oxygen atoms in total. The van der Waals surface area contributed by atoms with Crippen LogP contribution in [0.1, 0.15) is 38.5 Å². The number of carbonyl (C=O) groups is 2. The van der Waals surface area contributed by atoms with Crippen LogP contribution in [0.15, 0.2) is 11.6 Å². The molecule has 1 aliphatic carbocycles. The van der Waals surface area contributed by atoms with Crippen LogP contribution in [0.25, 0.3) is 0 Å². The Hall–Kier alpha value is -1.32. The average Bonchev–Trinajstić information content (AvgIpc) is 2.77. The van der Waals surface area contributed by atoms with E-state index in [0.717, 1.165) is 38.6 Å². The van der Waals surface area contributed by atoms with Crippen LogP contribution in [-0.4, -0.2) is 36.5 Å². The molecule has 0 spiro atoms. The molecule has 0 unspecified atom stereocenters. The second-order valence-corrected chi connectivity index (χ2v) is 5.89. The zero-order valence-electron chi connectivity index (χ0n) is 11.4. The summed E-state index contributed by atoms with van der Waals surface area (Å²) in [4.78, 5) is 25.8. The van der Waals surface area contributed by atoms with Gasteiger partial charge in [-0.1, -0.05) is 11.6 Å². The molecule has 0 aromatic carbocycles. The highest BCUT2D eigenvalue weighted by Gasteiger charge is 2.40. The minimum atomic E-state index is -0.0692. The molecule has 0 radical (unpaired) electrons. The quantitative estimate of drug-likeness (QED) is 0.536. The smallest absolute Gasteiger partial charge is 0.309 e. The van der Waals surface area contributed by atoms with Gasteiger partial charge in [-0.25, -0.2) is 0 Å². The molecule has 3 rings (SSSR count). The molecular formula is C15H21NO3. The third-order valence-electron chi connectivity index (χ3n) is 4.93. The van der Waals surface area contributed by atoms with Crippen molar-refractivity contribution >= 4 is 11.9 Å². The average molecular weight is 263 g/mol. The molecule has 0 aromatic rings. The first kappa shape index (κ1) is 12.7. The highest BCUT2D eigenvalue weighted by atomic mass is 16.5. The molecule has 4 heteroatoms. The normalized spacial score (nSPS) is 34.2. The summed E-state index contributed by atoms with van der Waals surface area (Å²) in [5.41, 5.74) is 1.38. The Morgan fingerprint density at radius 2 is 2.26 bits per heavy atom. The van der Waals surface area contributed by atoms with Crippen molar-refractivity contribution in [3.63, 3.8) is 0 Å². The van der Waals surface area contributed by atoms with Gasteiger partial charge in [0, 0.05) is 13.0 Å². The molecule has 19 heavy (non-hydrogen) atoms. The van der Waals surface area contributed by atoms with Crippen LogP contribution in [0.4, 0.5) is 0 Å². The van der Waals surface area contributed by atoms with E-state index in [4.69, 9.17) is 4.74 Å². The summed E-state index contributed by atoms with van der Waals surface area (Å²) < 4.78 is 4.92. The van der Waals surface area contributed by atoms with Crippen molar-refractivity contribution in [2.24, 2.45) is 11.8 Å². The predicted molar refractivity (Wildman–Crippen MR) is 70.3 cm³/mol. The number of rotatable bonds is 1. The van der Waals surface area contributed by atoms with Gasteiger partial charge in [-0.15, -0.1) is 0 Å². The van der Waals surface area contributed by atoms with Gasteiger partial charge in [0.25, 0.3) is 0 Å². The first-order chi connectivity index (χ1) is 9.20. The van der Waals surface area contributed by atoms with Gasteiger partial charge in [0.1, 0.15) is 0 Å². The monoisotopic (exact) mass is 263 g/mol. The summed E-state index contributed by atoms with van der Waals surface area (Å²) in [5, 5.41) is 0. The van der Waals surface area contributed by atoms with Gasteiger partial charge >= 0.3 is 5.97 Å². The van der Waals surface area contributed by atoms with Crippen molar-refractivity contribution in [2.75, 3.05) is 13.7 Å². The Morgan fingerprint density at radius 3 is 3.05 bits per heavy atom. The van der Waals surface area contributed by atoms with Crippen LogP contribution < -0.4 is 0 Å². The van der Waals surface area contributed by atoms with Crippen LogP contribution in [0.2, 0.25) is 0 Å². The summed E-state index contributed by atoms with van der Waals surface area (Å²) in [7, 11) is 1.47. The fraction of sp³-hybridized carbons (Fsp3) is 0.733. The second kappa shape index (κ2) is 4.99. The van der Waals surface area contributed by atoms with Gasteiger partial charge in [0.2, 0.25) is 5.91 Å². The fourth-order valence-corrected chi connectivity index (χ4v) is 3.94. The number of nitrogens with zero attached hydrogens (tertiary/aromatic N) is 1. The van der Waals surface area contributed by atoms with Crippen LogP contribution in [0.3, 0.4) is 0 Å².